The summed E-state index contributed by atoms with van der Waals surface area (Å²) in [5.74, 6) is 1.11. The van der Waals surface area contributed by atoms with E-state index in [0.29, 0.717) is 11.6 Å². The van der Waals surface area contributed by atoms with Gasteiger partial charge in [-0.05, 0) is 18.6 Å². The maximum absolute atomic E-state index is 5.89. The Bertz CT molecular complexity index is 481. The van der Waals surface area contributed by atoms with Crippen LogP contribution in [0.2, 0.25) is 0 Å². The third kappa shape index (κ3) is 2.94. The van der Waals surface area contributed by atoms with Crippen molar-refractivity contribution >= 4 is 22.8 Å². The molecule has 2 rings (SSSR count). The highest BCUT2D eigenvalue weighted by Gasteiger charge is 2.09. The van der Waals surface area contributed by atoms with E-state index in [2.05, 4.69) is 22.2 Å². The van der Waals surface area contributed by atoms with Crippen LogP contribution >= 0.6 is 11.3 Å². The van der Waals surface area contributed by atoms with Gasteiger partial charge in [0.25, 0.3) is 0 Å². The summed E-state index contributed by atoms with van der Waals surface area (Å²) < 4.78 is 0. The van der Waals surface area contributed by atoms with Gasteiger partial charge in [-0.15, -0.1) is 11.3 Å². The Kier molecular flexibility index (Phi) is 3.58. The second kappa shape index (κ2) is 5.14. The average molecular weight is 248 g/mol. The highest BCUT2D eigenvalue weighted by Crippen LogP contribution is 2.20. The predicted molar refractivity (Wildman–Crippen MR) is 72.4 cm³/mol. The van der Waals surface area contributed by atoms with Crippen molar-refractivity contribution in [2.24, 2.45) is 0 Å². The number of aryl methyl sites for hydroxylation is 1. The van der Waals surface area contributed by atoms with Crippen molar-refractivity contribution in [3.63, 3.8) is 0 Å². The SMILES string of the molecule is Cc1cnc(NCC(C)c2nccs2)c(N)c1. The molecule has 0 radical (unpaired) electrons. The fraction of sp³-hybridized carbons (Fsp3) is 0.333. The third-order valence-corrected chi connectivity index (χ3v) is 3.51. The Labute approximate surface area is 105 Å². The molecule has 2 aromatic rings. The van der Waals surface area contributed by atoms with Crippen molar-refractivity contribution in [3.8, 4) is 0 Å². The highest BCUT2D eigenvalue weighted by molar-refractivity contribution is 7.09. The lowest BCUT2D eigenvalue weighted by Gasteiger charge is -2.12. The summed E-state index contributed by atoms with van der Waals surface area (Å²) in [5, 5.41) is 6.38. The molecule has 0 aliphatic rings. The van der Waals surface area contributed by atoms with E-state index in [9.17, 15) is 0 Å². The number of pyridine rings is 1. The van der Waals surface area contributed by atoms with Gasteiger partial charge in [0, 0.05) is 30.2 Å². The van der Waals surface area contributed by atoms with E-state index in [4.69, 9.17) is 5.73 Å². The smallest absolute Gasteiger partial charge is 0.149 e. The predicted octanol–water partition coefficient (Wildman–Crippen LogP) is 2.64. The van der Waals surface area contributed by atoms with Crippen LogP contribution in [0.3, 0.4) is 0 Å². The van der Waals surface area contributed by atoms with Crippen LogP contribution in [0.15, 0.2) is 23.8 Å². The molecule has 17 heavy (non-hydrogen) atoms. The monoisotopic (exact) mass is 248 g/mol. The van der Waals surface area contributed by atoms with Crippen molar-refractivity contribution in [1.82, 2.24) is 9.97 Å². The molecule has 5 heteroatoms. The number of hydrogen-bond donors (Lipinski definition) is 2. The molecule has 0 saturated heterocycles. The van der Waals surface area contributed by atoms with E-state index in [1.54, 1.807) is 11.3 Å². The van der Waals surface area contributed by atoms with Crippen LogP contribution in [0.1, 0.15) is 23.4 Å². The van der Waals surface area contributed by atoms with Gasteiger partial charge >= 0.3 is 0 Å². The number of nitrogens with two attached hydrogens (primary N) is 1. The number of nitrogens with zero attached hydrogens (tertiary/aromatic N) is 2. The van der Waals surface area contributed by atoms with Crippen LogP contribution in [0.4, 0.5) is 11.5 Å². The number of nitrogens with one attached hydrogen (secondary N) is 1. The molecule has 0 aromatic carbocycles. The topological polar surface area (TPSA) is 63.8 Å². The summed E-state index contributed by atoms with van der Waals surface area (Å²) in [6.07, 6.45) is 3.64. The molecular formula is C12H16N4S. The Morgan fingerprint density at radius 3 is 2.94 bits per heavy atom. The van der Waals surface area contributed by atoms with E-state index < -0.39 is 0 Å². The fourth-order valence-electron chi connectivity index (χ4n) is 1.55. The lowest BCUT2D eigenvalue weighted by atomic mass is 10.2. The zero-order chi connectivity index (χ0) is 12.3. The van der Waals surface area contributed by atoms with Gasteiger partial charge in [-0.2, -0.15) is 0 Å². The van der Waals surface area contributed by atoms with Crippen LogP contribution in [-0.2, 0) is 0 Å². The molecule has 0 aliphatic carbocycles. The minimum absolute atomic E-state index is 0.359. The maximum atomic E-state index is 5.89. The summed E-state index contributed by atoms with van der Waals surface area (Å²) in [4.78, 5) is 8.57. The number of nitrogen functional groups attached to an aromatic ring is 1. The summed E-state index contributed by atoms with van der Waals surface area (Å²) in [7, 11) is 0. The Hall–Kier alpha value is -1.62. The minimum Gasteiger partial charge on any atom is -0.396 e. The second-order valence-corrected chi connectivity index (χ2v) is 5.03. The van der Waals surface area contributed by atoms with Crippen molar-refractivity contribution in [2.75, 3.05) is 17.6 Å². The molecular weight excluding hydrogens is 232 g/mol. The first kappa shape index (κ1) is 11.9. The number of rotatable bonds is 4. The lowest BCUT2D eigenvalue weighted by Crippen LogP contribution is -2.12. The van der Waals surface area contributed by atoms with Crippen LogP contribution < -0.4 is 11.1 Å². The van der Waals surface area contributed by atoms with Gasteiger partial charge in [0.2, 0.25) is 0 Å². The van der Waals surface area contributed by atoms with Gasteiger partial charge in [-0.3, -0.25) is 0 Å². The zero-order valence-electron chi connectivity index (χ0n) is 9.97. The van der Waals surface area contributed by atoms with Gasteiger partial charge in [-0.25, -0.2) is 9.97 Å². The van der Waals surface area contributed by atoms with Crippen LogP contribution in [0, 0.1) is 6.92 Å². The quantitative estimate of drug-likeness (QED) is 0.873. The first-order valence-corrected chi connectivity index (χ1v) is 6.40. The van der Waals surface area contributed by atoms with Gasteiger partial charge in [0.15, 0.2) is 0 Å². The van der Waals surface area contributed by atoms with Gasteiger partial charge in [-0.1, -0.05) is 6.92 Å². The van der Waals surface area contributed by atoms with E-state index in [1.807, 2.05) is 30.8 Å². The number of thiazole rings is 1. The normalized spacial score (nSPS) is 12.4. The Balaban J connectivity index is 1.98. The molecule has 2 heterocycles. The third-order valence-electron chi connectivity index (χ3n) is 2.50. The van der Waals surface area contributed by atoms with E-state index in [-0.39, 0.29) is 0 Å². The van der Waals surface area contributed by atoms with Gasteiger partial charge < -0.3 is 11.1 Å². The standard InChI is InChI=1S/C12H16N4S/c1-8-5-10(13)11(15-6-8)16-7-9(2)12-14-3-4-17-12/h3-6,9H,7,13H2,1-2H3,(H,15,16). The second-order valence-electron chi connectivity index (χ2n) is 4.10. The van der Waals surface area contributed by atoms with Crippen LogP contribution in [-0.4, -0.2) is 16.5 Å². The number of aromatic nitrogens is 2. The van der Waals surface area contributed by atoms with Crippen LogP contribution in [0.5, 0.6) is 0 Å². The van der Waals surface area contributed by atoms with Crippen molar-refractivity contribution < 1.29 is 0 Å². The molecule has 3 N–H and O–H groups in total. The maximum Gasteiger partial charge on any atom is 0.149 e. The Morgan fingerprint density at radius 1 is 1.47 bits per heavy atom. The first-order valence-electron chi connectivity index (χ1n) is 5.52. The summed E-state index contributed by atoms with van der Waals surface area (Å²) >= 11 is 1.67. The molecule has 0 spiro atoms. The Morgan fingerprint density at radius 2 is 2.29 bits per heavy atom. The molecule has 0 saturated carbocycles. The van der Waals surface area contributed by atoms with Gasteiger partial charge in [0.05, 0.1) is 10.7 Å². The van der Waals surface area contributed by atoms with Crippen molar-refractivity contribution in [3.05, 3.63) is 34.4 Å². The first-order chi connectivity index (χ1) is 8.16. The van der Waals surface area contributed by atoms with Gasteiger partial charge in [0.1, 0.15) is 5.82 Å². The van der Waals surface area contributed by atoms with Crippen molar-refractivity contribution in [2.45, 2.75) is 19.8 Å². The molecule has 0 fully saturated rings. The van der Waals surface area contributed by atoms with E-state index >= 15 is 0 Å². The summed E-state index contributed by atoms with van der Waals surface area (Å²) in [6.45, 7) is 4.90. The molecule has 0 bridgehead atoms. The largest absolute Gasteiger partial charge is 0.396 e. The van der Waals surface area contributed by atoms with E-state index in [1.165, 1.54) is 0 Å². The summed E-state index contributed by atoms with van der Waals surface area (Å²) in [6, 6.07) is 1.92. The molecule has 1 atom stereocenters. The molecule has 90 valence electrons. The molecule has 2 aromatic heterocycles. The lowest BCUT2D eigenvalue weighted by molar-refractivity contribution is 0.792. The molecule has 0 aliphatic heterocycles. The fourth-order valence-corrected chi connectivity index (χ4v) is 2.25. The number of hydrogen-bond acceptors (Lipinski definition) is 5. The molecule has 4 nitrogen and oxygen atoms in total. The van der Waals surface area contributed by atoms with Crippen LogP contribution in [0.25, 0.3) is 0 Å². The number of anilines is 2. The minimum atomic E-state index is 0.359. The van der Waals surface area contributed by atoms with Crippen molar-refractivity contribution in [1.29, 1.82) is 0 Å². The molecule has 0 amide bonds. The average Bonchev–Trinajstić information content (AvgIpc) is 2.81. The molecule has 1 unspecified atom stereocenters. The zero-order valence-corrected chi connectivity index (χ0v) is 10.8. The van der Waals surface area contributed by atoms with E-state index in [0.717, 1.165) is 22.9 Å². The highest BCUT2D eigenvalue weighted by atomic mass is 32.1. The summed E-state index contributed by atoms with van der Waals surface area (Å²) in [5.41, 5.74) is 7.65.